The zero-order valence-corrected chi connectivity index (χ0v) is 15.5. The summed E-state index contributed by atoms with van der Waals surface area (Å²) in [5, 5.41) is 8.60. The van der Waals surface area contributed by atoms with Crippen LogP contribution in [0.2, 0.25) is 0 Å². The first-order chi connectivity index (χ1) is 13.2. The number of anilines is 2. The van der Waals surface area contributed by atoms with Gasteiger partial charge in [-0.25, -0.2) is 9.78 Å². The third-order valence-corrected chi connectivity index (χ3v) is 4.32. The first-order valence-electron chi connectivity index (χ1n) is 8.33. The second kappa shape index (κ2) is 8.91. The molecule has 2 heterocycles. The minimum absolute atomic E-state index is 0.132. The highest BCUT2D eigenvalue weighted by atomic mass is 32.1. The number of nitrogens with zero attached hydrogens (tertiary/aromatic N) is 2. The van der Waals surface area contributed by atoms with E-state index in [1.807, 2.05) is 5.38 Å². The fourth-order valence-corrected chi connectivity index (χ4v) is 2.90. The van der Waals surface area contributed by atoms with Gasteiger partial charge in [0.1, 0.15) is 0 Å². The molecular formula is C19H18N4O3S. The van der Waals surface area contributed by atoms with Crippen LogP contribution in [0.15, 0.2) is 54.2 Å². The molecular weight excluding hydrogens is 364 g/mol. The van der Waals surface area contributed by atoms with Crippen molar-refractivity contribution in [2.24, 2.45) is 0 Å². The predicted octanol–water partition coefficient (Wildman–Crippen LogP) is 3.39. The van der Waals surface area contributed by atoms with Gasteiger partial charge in [0.05, 0.1) is 24.4 Å². The van der Waals surface area contributed by atoms with Crippen molar-refractivity contribution in [3.63, 3.8) is 0 Å². The molecule has 138 valence electrons. The number of ether oxygens (including phenoxy) is 1. The minimum atomic E-state index is -0.451. The van der Waals surface area contributed by atoms with Gasteiger partial charge in [0, 0.05) is 29.0 Å². The maximum absolute atomic E-state index is 12.4. The highest BCUT2D eigenvalue weighted by molar-refractivity contribution is 7.13. The average Bonchev–Trinajstić information content (AvgIpc) is 3.20. The number of hydrogen-bond acceptors (Lipinski definition) is 7. The maximum atomic E-state index is 12.4. The van der Waals surface area contributed by atoms with Crippen LogP contribution in [0, 0.1) is 0 Å². The highest BCUT2D eigenvalue weighted by Crippen LogP contribution is 2.19. The van der Waals surface area contributed by atoms with E-state index in [2.05, 4.69) is 20.6 Å². The van der Waals surface area contributed by atoms with Crippen LogP contribution in [0.25, 0.3) is 0 Å². The summed E-state index contributed by atoms with van der Waals surface area (Å²) >= 11 is 1.49. The van der Waals surface area contributed by atoms with Crippen molar-refractivity contribution in [2.45, 2.75) is 13.5 Å². The molecule has 1 amide bonds. The lowest BCUT2D eigenvalue weighted by Gasteiger charge is -2.09. The molecule has 0 atom stereocenters. The fraction of sp³-hybridized carbons (Fsp3) is 0.158. The third-order valence-electron chi connectivity index (χ3n) is 3.63. The van der Waals surface area contributed by atoms with E-state index in [0.717, 1.165) is 10.8 Å². The maximum Gasteiger partial charge on any atom is 0.340 e. The summed E-state index contributed by atoms with van der Waals surface area (Å²) in [6.07, 6.45) is 3.29. The smallest absolute Gasteiger partial charge is 0.340 e. The molecule has 0 fully saturated rings. The second-order valence-corrected chi connectivity index (χ2v) is 6.33. The Bertz CT molecular complexity index is 911. The Balaban J connectivity index is 1.62. The van der Waals surface area contributed by atoms with E-state index >= 15 is 0 Å². The number of rotatable bonds is 7. The molecule has 0 aliphatic carbocycles. The van der Waals surface area contributed by atoms with Crippen molar-refractivity contribution < 1.29 is 14.3 Å². The summed E-state index contributed by atoms with van der Waals surface area (Å²) < 4.78 is 5.01. The first-order valence-corrected chi connectivity index (χ1v) is 9.21. The monoisotopic (exact) mass is 382 g/mol. The van der Waals surface area contributed by atoms with Crippen LogP contribution in [0.4, 0.5) is 10.8 Å². The Hall–Kier alpha value is -3.26. The van der Waals surface area contributed by atoms with E-state index < -0.39 is 5.97 Å². The molecule has 0 radical (unpaired) electrons. The quantitative estimate of drug-likeness (QED) is 0.609. The minimum Gasteiger partial charge on any atom is -0.462 e. The zero-order valence-electron chi connectivity index (χ0n) is 14.6. The number of benzene rings is 1. The third kappa shape index (κ3) is 4.89. The molecule has 0 unspecified atom stereocenters. The number of pyridine rings is 1. The molecule has 0 bridgehead atoms. The van der Waals surface area contributed by atoms with Crippen LogP contribution in [0.3, 0.4) is 0 Å². The molecule has 0 aliphatic rings. The van der Waals surface area contributed by atoms with Gasteiger partial charge in [0.25, 0.3) is 5.91 Å². The standard InChI is InChI=1S/C19H18N4O3S/c1-2-26-18(25)15-4-3-9-20-16(15)12-22-17(24)13-5-7-14(8-6-13)23-19-21-10-11-27-19/h3-11H,2,12H2,1H3,(H,21,23)(H,22,24). The topological polar surface area (TPSA) is 93.2 Å². The SMILES string of the molecule is CCOC(=O)c1cccnc1CNC(=O)c1ccc(Nc2nccs2)cc1. The van der Waals surface area contributed by atoms with E-state index in [4.69, 9.17) is 4.74 Å². The van der Waals surface area contributed by atoms with Crippen LogP contribution in [0.5, 0.6) is 0 Å². The second-order valence-electron chi connectivity index (χ2n) is 5.44. The molecule has 0 saturated carbocycles. The number of esters is 1. The number of aromatic nitrogens is 2. The Morgan fingerprint density at radius 2 is 1.93 bits per heavy atom. The van der Waals surface area contributed by atoms with Crippen LogP contribution >= 0.6 is 11.3 Å². The number of thiazole rings is 1. The van der Waals surface area contributed by atoms with Crippen LogP contribution in [0.1, 0.15) is 33.3 Å². The van der Waals surface area contributed by atoms with Crippen molar-refractivity contribution in [1.82, 2.24) is 15.3 Å². The van der Waals surface area contributed by atoms with E-state index in [9.17, 15) is 9.59 Å². The van der Waals surface area contributed by atoms with E-state index in [0.29, 0.717) is 16.8 Å². The summed E-state index contributed by atoms with van der Waals surface area (Å²) in [7, 11) is 0. The van der Waals surface area contributed by atoms with E-state index in [-0.39, 0.29) is 19.1 Å². The van der Waals surface area contributed by atoms with Gasteiger partial charge in [0.2, 0.25) is 0 Å². The van der Waals surface area contributed by atoms with Crippen LogP contribution < -0.4 is 10.6 Å². The zero-order chi connectivity index (χ0) is 19.1. The Morgan fingerprint density at radius 3 is 2.63 bits per heavy atom. The number of carbonyl (C=O) groups excluding carboxylic acids is 2. The van der Waals surface area contributed by atoms with Gasteiger partial charge in [-0.05, 0) is 43.3 Å². The van der Waals surface area contributed by atoms with Crippen molar-refractivity contribution in [3.05, 3.63) is 71.0 Å². The molecule has 0 saturated heterocycles. The fourth-order valence-electron chi connectivity index (χ4n) is 2.35. The lowest BCUT2D eigenvalue weighted by Crippen LogP contribution is -2.24. The van der Waals surface area contributed by atoms with Gasteiger partial charge >= 0.3 is 5.97 Å². The van der Waals surface area contributed by atoms with Crippen molar-refractivity contribution in [3.8, 4) is 0 Å². The summed E-state index contributed by atoms with van der Waals surface area (Å²) in [4.78, 5) is 32.7. The van der Waals surface area contributed by atoms with Gasteiger partial charge in [-0.1, -0.05) is 0 Å². The molecule has 3 rings (SSSR count). The van der Waals surface area contributed by atoms with Crippen LogP contribution in [-0.4, -0.2) is 28.5 Å². The number of hydrogen-bond donors (Lipinski definition) is 2. The van der Waals surface area contributed by atoms with Crippen molar-refractivity contribution in [1.29, 1.82) is 0 Å². The molecule has 2 N–H and O–H groups in total. The van der Waals surface area contributed by atoms with Gasteiger partial charge in [-0.3, -0.25) is 9.78 Å². The van der Waals surface area contributed by atoms with Gasteiger partial charge < -0.3 is 15.4 Å². The van der Waals surface area contributed by atoms with E-state index in [1.54, 1.807) is 55.7 Å². The first kappa shape index (κ1) is 18.5. The van der Waals surface area contributed by atoms with Crippen LogP contribution in [-0.2, 0) is 11.3 Å². The number of nitrogens with one attached hydrogen (secondary N) is 2. The molecule has 1 aromatic carbocycles. The normalized spacial score (nSPS) is 10.3. The van der Waals surface area contributed by atoms with Crippen molar-refractivity contribution in [2.75, 3.05) is 11.9 Å². The Morgan fingerprint density at radius 1 is 1.11 bits per heavy atom. The Kier molecular flexibility index (Phi) is 6.11. The molecule has 7 nitrogen and oxygen atoms in total. The summed E-state index contributed by atoms with van der Waals surface area (Å²) in [5.41, 5.74) is 2.16. The average molecular weight is 382 g/mol. The van der Waals surface area contributed by atoms with Gasteiger partial charge in [0.15, 0.2) is 5.13 Å². The molecule has 0 aliphatic heterocycles. The molecule has 0 spiro atoms. The summed E-state index contributed by atoms with van der Waals surface area (Å²) in [6.45, 7) is 2.15. The summed E-state index contributed by atoms with van der Waals surface area (Å²) in [6, 6.07) is 10.3. The lowest BCUT2D eigenvalue weighted by molar-refractivity contribution is 0.0523. The number of amides is 1. The predicted molar refractivity (Wildman–Crippen MR) is 103 cm³/mol. The lowest BCUT2D eigenvalue weighted by atomic mass is 10.1. The summed E-state index contributed by atoms with van der Waals surface area (Å²) in [5.74, 6) is -0.705. The number of carbonyl (C=O) groups is 2. The molecule has 2 aromatic heterocycles. The largest absolute Gasteiger partial charge is 0.462 e. The van der Waals surface area contributed by atoms with Gasteiger partial charge in [-0.2, -0.15) is 0 Å². The van der Waals surface area contributed by atoms with Gasteiger partial charge in [-0.15, -0.1) is 11.3 Å². The van der Waals surface area contributed by atoms with Crippen molar-refractivity contribution >= 4 is 34.0 Å². The molecule has 27 heavy (non-hydrogen) atoms. The molecule has 8 heteroatoms. The molecule has 3 aromatic rings. The highest BCUT2D eigenvalue weighted by Gasteiger charge is 2.14. The Labute approximate surface area is 160 Å². The van der Waals surface area contributed by atoms with E-state index in [1.165, 1.54) is 11.3 Å².